The summed E-state index contributed by atoms with van der Waals surface area (Å²) in [6, 6.07) is 4.04. The van der Waals surface area contributed by atoms with E-state index in [1.54, 1.807) is 4.90 Å². The van der Waals surface area contributed by atoms with Crippen LogP contribution in [-0.4, -0.2) is 42.3 Å². The zero-order chi connectivity index (χ0) is 18.0. The first-order chi connectivity index (χ1) is 11.9. The molecule has 2 fully saturated rings. The first-order valence-corrected chi connectivity index (χ1v) is 8.87. The van der Waals surface area contributed by atoms with E-state index in [-0.39, 0.29) is 16.8 Å². The Labute approximate surface area is 151 Å². The third kappa shape index (κ3) is 4.12. The number of hydrogen-bond donors (Lipinski definition) is 1. The van der Waals surface area contributed by atoms with Gasteiger partial charge < -0.3 is 20.2 Å². The summed E-state index contributed by atoms with van der Waals surface area (Å²) < 4.78 is 18.6. The summed E-state index contributed by atoms with van der Waals surface area (Å²) in [4.78, 5) is 24.6. The van der Waals surface area contributed by atoms with Crippen LogP contribution in [0.15, 0.2) is 18.2 Å². The van der Waals surface area contributed by atoms with E-state index in [4.69, 9.17) is 22.1 Å². The molecule has 136 valence electrons. The van der Waals surface area contributed by atoms with Crippen LogP contribution in [0, 0.1) is 17.7 Å². The average Bonchev–Trinajstić information content (AvgIpc) is 2.50. The summed E-state index contributed by atoms with van der Waals surface area (Å²) in [6.07, 6.45) is 3.48. The second kappa shape index (κ2) is 7.30. The van der Waals surface area contributed by atoms with E-state index in [1.807, 2.05) is 0 Å². The summed E-state index contributed by atoms with van der Waals surface area (Å²) in [6.45, 7) is 1.53. The van der Waals surface area contributed by atoms with Gasteiger partial charge in [0, 0.05) is 25.4 Å². The number of carbonyl (C=O) groups is 2. The highest BCUT2D eigenvalue weighted by Crippen LogP contribution is 2.38. The Hall–Kier alpha value is -1.66. The normalized spacial score (nSPS) is 24.2. The maximum Gasteiger partial charge on any atom is 0.225 e. The molecule has 3 rings (SSSR count). The number of halogens is 2. The molecule has 1 saturated carbocycles. The van der Waals surface area contributed by atoms with Crippen molar-refractivity contribution in [2.24, 2.45) is 17.6 Å². The van der Waals surface area contributed by atoms with Gasteiger partial charge in [0.2, 0.25) is 5.91 Å². The zero-order valence-corrected chi connectivity index (χ0v) is 14.7. The smallest absolute Gasteiger partial charge is 0.225 e. The number of rotatable bonds is 7. The topological polar surface area (TPSA) is 72.6 Å². The fourth-order valence-corrected chi connectivity index (χ4v) is 3.73. The van der Waals surface area contributed by atoms with Crippen LogP contribution >= 0.6 is 11.6 Å². The number of carbonyl (C=O) groups excluding carboxylic acids is 2. The number of ether oxygens (including phenoxy) is 1. The third-order valence-electron chi connectivity index (χ3n) is 5.04. The highest BCUT2D eigenvalue weighted by atomic mass is 35.5. The van der Waals surface area contributed by atoms with Crippen molar-refractivity contribution in [2.75, 3.05) is 19.7 Å². The lowest BCUT2D eigenvalue weighted by molar-refractivity contribution is -0.148. The Balaban J connectivity index is 1.38. The third-order valence-corrected chi connectivity index (χ3v) is 5.33. The Morgan fingerprint density at radius 2 is 2.16 bits per heavy atom. The predicted molar refractivity (Wildman–Crippen MR) is 91.9 cm³/mol. The molecule has 0 aromatic heterocycles. The maximum absolute atomic E-state index is 13.0. The summed E-state index contributed by atoms with van der Waals surface area (Å²) in [5.41, 5.74) is 5.73. The largest absolute Gasteiger partial charge is 0.492 e. The van der Waals surface area contributed by atoms with Gasteiger partial charge in [-0.3, -0.25) is 4.79 Å². The molecule has 25 heavy (non-hydrogen) atoms. The molecule has 7 heteroatoms. The monoisotopic (exact) mass is 368 g/mol. The summed E-state index contributed by atoms with van der Waals surface area (Å²) in [7, 11) is 0. The van der Waals surface area contributed by atoms with Crippen molar-refractivity contribution in [3.05, 3.63) is 29.0 Å². The van der Waals surface area contributed by atoms with Gasteiger partial charge in [-0.15, -0.1) is 0 Å². The Bertz CT molecular complexity index is 658. The van der Waals surface area contributed by atoms with Crippen LogP contribution < -0.4 is 10.5 Å². The summed E-state index contributed by atoms with van der Waals surface area (Å²) >= 11 is 5.92. The van der Waals surface area contributed by atoms with Crippen LogP contribution in [0.2, 0.25) is 5.02 Å². The highest BCUT2D eigenvalue weighted by Gasteiger charge is 2.45. The number of amides is 1. The number of aldehydes is 1. The van der Waals surface area contributed by atoms with Crippen LogP contribution in [0.5, 0.6) is 5.75 Å². The molecule has 1 aromatic rings. The average molecular weight is 369 g/mol. The van der Waals surface area contributed by atoms with E-state index in [0.717, 1.165) is 19.1 Å². The van der Waals surface area contributed by atoms with Crippen molar-refractivity contribution in [3.63, 3.8) is 0 Å². The first kappa shape index (κ1) is 18.1. The van der Waals surface area contributed by atoms with E-state index in [0.29, 0.717) is 44.2 Å². The standard InChI is InChI=1S/C18H22ClFN2O3/c19-15-8-14(20)2-3-16(15)25-9-12-6-13(7-12)17(24)22-10-18(21,11-22)4-1-5-23/h2-3,5,8,12-13H,1,4,6-7,9-11,21H2. The molecule has 0 bridgehead atoms. The zero-order valence-electron chi connectivity index (χ0n) is 13.9. The van der Waals surface area contributed by atoms with Gasteiger partial charge in [-0.1, -0.05) is 11.6 Å². The van der Waals surface area contributed by atoms with Crippen molar-refractivity contribution in [1.82, 2.24) is 4.90 Å². The number of nitrogens with zero attached hydrogens (tertiary/aromatic N) is 1. The van der Waals surface area contributed by atoms with Gasteiger partial charge in [0.25, 0.3) is 0 Å². The number of nitrogens with two attached hydrogens (primary N) is 1. The van der Waals surface area contributed by atoms with E-state index in [1.165, 1.54) is 18.2 Å². The Kier molecular flexibility index (Phi) is 5.29. The molecule has 2 N–H and O–H groups in total. The molecule has 1 saturated heterocycles. The Morgan fingerprint density at radius 1 is 1.44 bits per heavy atom. The molecular weight excluding hydrogens is 347 g/mol. The number of likely N-dealkylation sites (tertiary alicyclic amines) is 1. The lowest BCUT2D eigenvalue weighted by atomic mass is 9.73. The van der Waals surface area contributed by atoms with Crippen LogP contribution in [0.1, 0.15) is 25.7 Å². The van der Waals surface area contributed by atoms with Crippen LogP contribution in [-0.2, 0) is 9.59 Å². The van der Waals surface area contributed by atoms with Gasteiger partial charge in [-0.25, -0.2) is 4.39 Å². The molecule has 0 atom stereocenters. The molecule has 1 heterocycles. The minimum absolute atomic E-state index is 0.0212. The second-order valence-electron chi connectivity index (χ2n) is 7.18. The molecule has 1 amide bonds. The fourth-order valence-electron chi connectivity index (χ4n) is 3.51. The van der Waals surface area contributed by atoms with Crippen molar-refractivity contribution >= 4 is 23.8 Å². The second-order valence-corrected chi connectivity index (χ2v) is 7.59. The maximum atomic E-state index is 13.0. The minimum Gasteiger partial charge on any atom is -0.492 e. The predicted octanol–water partition coefficient (Wildman–Crippen LogP) is 2.40. The molecule has 5 nitrogen and oxygen atoms in total. The van der Waals surface area contributed by atoms with E-state index in [9.17, 15) is 14.0 Å². The van der Waals surface area contributed by atoms with Crippen LogP contribution in [0.3, 0.4) is 0 Å². The molecule has 1 aromatic carbocycles. The molecule has 2 aliphatic rings. The highest BCUT2D eigenvalue weighted by molar-refractivity contribution is 6.32. The fraction of sp³-hybridized carbons (Fsp3) is 0.556. The van der Waals surface area contributed by atoms with Crippen LogP contribution in [0.4, 0.5) is 4.39 Å². The lowest BCUT2D eigenvalue weighted by Gasteiger charge is -2.50. The van der Waals surface area contributed by atoms with E-state index in [2.05, 4.69) is 0 Å². The van der Waals surface area contributed by atoms with Gasteiger partial charge in [-0.2, -0.15) is 0 Å². The molecule has 0 radical (unpaired) electrons. The molecular formula is C18H22ClFN2O3. The molecule has 1 aliphatic carbocycles. The van der Waals surface area contributed by atoms with Gasteiger partial charge in [0.1, 0.15) is 17.9 Å². The van der Waals surface area contributed by atoms with E-state index < -0.39 is 11.4 Å². The first-order valence-electron chi connectivity index (χ1n) is 8.49. The van der Waals surface area contributed by atoms with Gasteiger partial charge in [-0.05, 0) is 43.4 Å². The number of hydrogen-bond acceptors (Lipinski definition) is 4. The minimum atomic E-state index is -0.401. The number of benzene rings is 1. The SMILES string of the molecule is NC1(CCC=O)CN(C(=O)C2CC(COc3ccc(F)cc3Cl)C2)C1. The molecule has 1 aliphatic heterocycles. The van der Waals surface area contributed by atoms with Crippen molar-refractivity contribution in [2.45, 2.75) is 31.2 Å². The van der Waals surface area contributed by atoms with Gasteiger partial charge in [0.05, 0.1) is 17.2 Å². The molecule has 0 unspecified atom stereocenters. The molecule has 0 spiro atoms. The van der Waals surface area contributed by atoms with Crippen molar-refractivity contribution < 1.29 is 18.7 Å². The lowest BCUT2D eigenvalue weighted by Crippen LogP contribution is -2.69. The Morgan fingerprint density at radius 3 is 2.80 bits per heavy atom. The van der Waals surface area contributed by atoms with Gasteiger partial charge >= 0.3 is 0 Å². The summed E-state index contributed by atoms with van der Waals surface area (Å²) in [5.74, 6) is 0.527. The van der Waals surface area contributed by atoms with E-state index >= 15 is 0 Å². The quantitative estimate of drug-likeness (QED) is 0.750. The van der Waals surface area contributed by atoms with Crippen LogP contribution in [0.25, 0.3) is 0 Å². The van der Waals surface area contributed by atoms with Gasteiger partial charge in [0.15, 0.2) is 0 Å². The van der Waals surface area contributed by atoms with Crippen molar-refractivity contribution in [3.8, 4) is 5.75 Å². The van der Waals surface area contributed by atoms with Crippen molar-refractivity contribution in [1.29, 1.82) is 0 Å². The summed E-state index contributed by atoms with van der Waals surface area (Å²) in [5, 5.41) is 0.252.